The first-order chi connectivity index (χ1) is 13.7. The number of amides is 2. The molecule has 4 saturated carbocycles. The smallest absolute Gasteiger partial charge is 0.338 e. The zero-order chi connectivity index (χ0) is 20.8. The van der Waals surface area contributed by atoms with Crippen LogP contribution in [0.1, 0.15) is 58.8 Å². The Morgan fingerprint density at radius 1 is 1.17 bits per heavy atom. The molecule has 4 bridgehead atoms. The van der Waals surface area contributed by atoms with E-state index in [1.807, 2.05) is 0 Å². The van der Waals surface area contributed by atoms with E-state index in [0.29, 0.717) is 29.5 Å². The molecular formula is C21H29BrN2O5. The van der Waals surface area contributed by atoms with E-state index in [0.717, 1.165) is 19.3 Å². The van der Waals surface area contributed by atoms with Crippen molar-refractivity contribution in [1.82, 2.24) is 10.6 Å². The normalized spacial score (nSPS) is 37.8. The average Bonchev–Trinajstić information content (AvgIpc) is 2.56. The number of esters is 2. The van der Waals surface area contributed by atoms with Crippen LogP contribution in [-0.2, 0) is 19.1 Å². The van der Waals surface area contributed by atoms with Gasteiger partial charge in [0.25, 0.3) is 0 Å². The van der Waals surface area contributed by atoms with Gasteiger partial charge in [0.1, 0.15) is 6.61 Å². The largest absolute Gasteiger partial charge is 0.463 e. The van der Waals surface area contributed by atoms with Gasteiger partial charge in [0.05, 0.1) is 30.3 Å². The van der Waals surface area contributed by atoms with Gasteiger partial charge in [-0.05, 0) is 69.6 Å². The summed E-state index contributed by atoms with van der Waals surface area (Å²) in [6, 6.07) is -0.924. The summed E-state index contributed by atoms with van der Waals surface area (Å²) in [7, 11) is 0. The summed E-state index contributed by atoms with van der Waals surface area (Å²) in [4.78, 5) is 36.9. The standard InChI is InChI=1S/C21H29BrN2O5/c1-3-28-18(26)17-12(2)23-19(27)24-15(17)10-29-16(25)9-20-5-13-4-14(6-20)8-21(22,7-13)11-20/h12-14H,3-11H2,1-2H3,(H2,23,24,27)/t12-,13-,14+,20?,21?/m1/s1. The summed E-state index contributed by atoms with van der Waals surface area (Å²) < 4.78 is 10.8. The summed E-state index contributed by atoms with van der Waals surface area (Å²) in [5.41, 5.74) is 0.622. The van der Waals surface area contributed by atoms with Gasteiger partial charge in [-0.1, -0.05) is 15.9 Å². The minimum Gasteiger partial charge on any atom is -0.463 e. The molecule has 1 aliphatic heterocycles. The fourth-order valence-electron chi connectivity index (χ4n) is 6.45. The number of urea groups is 1. The Balaban J connectivity index is 1.42. The maximum Gasteiger partial charge on any atom is 0.338 e. The van der Waals surface area contributed by atoms with Gasteiger partial charge in [0.2, 0.25) is 0 Å². The Hall–Kier alpha value is -1.57. The molecule has 160 valence electrons. The summed E-state index contributed by atoms with van der Waals surface area (Å²) in [6.07, 6.45) is 7.34. The van der Waals surface area contributed by atoms with Crippen molar-refractivity contribution in [2.24, 2.45) is 17.3 Å². The molecule has 0 spiro atoms. The van der Waals surface area contributed by atoms with E-state index in [1.165, 1.54) is 19.3 Å². The van der Waals surface area contributed by atoms with E-state index in [2.05, 4.69) is 26.6 Å². The monoisotopic (exact) mass is 468 g/mol. The number of carbonyl (C=O) groups excluding carboxylic acids is 3. The van der Waals surface area contributed by atoms with Gasteiger partial charge in [-0.2, -0.15) is 0 Å². The Labute approximate surface area is 179 Å². The lowest BCUT2D eigenvalue weighted by Crippen LogP contribution is -2.53. The van der Waals surface area contributed by atoms with Crippen molar-refractivity contribution in [2.75, 3.05) is 13.2 Å². The number of ether oxygens (including phenoxy) is 2. The van der Waals surface area contributed by atoms with Crippen molar-refractivity contribution in [3.63, 3.8) is 0 Å². The third-order valence-electron chi connectivity index (χ3n) is 6.87. The van der Waals surface area contributed by atoms with Crippen LogP contribution in [-0.4, -0.2) is 41.5 Å². The maximum atomic E-state index is 12.7. The Kier molecular flexibility index (Phi) is 5.42. The molecule has 5 aliphatic rings. The molecule has 0 aromatic heterocycles. The molecule has 0 aromatic rings. The summed E-state index contributed by atoms with van der Waals surface area (Å²) >= 11 is 3.97. The second-order valence-electron chi connectivity index (χ2n) is 9.38. The quantitative estimate of drug-likeness (QED) is 0.461. The predicted octanol–water partition coefficient (Wildman–Crippen LogP) is 3.17. The number of rotatable bonds is 6. The molecule has 8 heteroatoms. The molecule has 4 fully saturated rings. The summed E-state index contributed by atoms with van der Waals surface area (Å²) in [5.74, 6) is 0.622. The summed E-state index contributed by atoms with van der Waals surface area (Å²) in [6.45, 7) is 3.53. The fraction of sp³-hybridized carbons (Fsp3) is 0.762. The van der Waals surface area contributed by atoms with Gasteiger partial charge in [-0.15, -0.1) is 0 Å². The number of alkyl halides is 1. The number of nitrogens with one attached hydrogen (secondary N) is 2. The third kappa shape index (κ3) is 4.18. The minimum absolute atomic E-state index is 0.0215. The second-order valence-corrected chi connectivity index (χ2v) is 11.1. The van der Waals surface area contributed by atoms with Gasteiger partial charge in [-0.25, -0.2) is 9.59 Å². The molecule has 1 heterocycles. The van der Waals surface area contributed by atoms with Gasteiger partial charge < -0.3 is 20.1 Å². The number of halogens is 1. The van der Waals surface area contributed by atoms with E-state index in [4.69, 9.17) is 9.47 Å². The molecule has 5 atom stereocenters. The van der Waals surface area contributed by atoms with Gasteiger partial charge in [0.15, 0.2) is 0 Å². The van der Waals surface area contributed by atoms with Crippen molar-refractivity contribution in [1.29, 1.82) is 0 Å². The van der Waals surface area contributed by atoms with Crippen molar-refractivity contribution in [3.05, 3.63) is 11.3 Å². The first-order valence-electron chi connectivity index (χ1n) is 10.5. The molecule has 4 aliphatic carbocycles. The average molecular weight is 469 g/mol. The lowest BCUT2D eigenvalue weighted by molar-refractivity contribution is -0.150. The highest BCUT2D eigenvalue weighted by atomic mass is 79.9. The van der Waals surface area contributed by atoms with Crippen LogP contribution >= 0.6 is 15.9 Å². The number of carbonyl (C=O) groups is 3. The highest BCUT2D eigenvalue weighted by molar-refractivity contribution is 9.10. The Morgan fingerprint density at radius 3 is 2.48 bits per heavy atom. The number of hydrogen-bond acceptors (Lipinski definition) is 5. The van der Waals surface area contributed by atoms with Crippen LogP contribution in [0.4, 0.5) is 4.79 Å². The Morgan fingerprint density at radius 2 is 1.86 bits per heavy atom. The fourth-order valence-corrected chi connectivity index (χ4v) is 7.96. The lowest BCUT2D eigenvalue weighted by Gasteiger charge is -2.60. The third-order valence-corrected chi connectivity index (χ3v) is 7.80. The van der Waals surface area contributed by atoms with Gasteiger partial charge in [-0.3, -0.25) is 4.79 Å². The molecule has 5 rings (SSSR count). The van der Waals surface area contributed by atoms with E-state index in [9.17, 15) is 14.4 Å². The second kappa shape index (κ2) is 7.60. The highest BCUT2D eigenvalue weighted by Crippen LogP contribution is 2.65. The van der Waals surface area contributed by atoms with E-state index in [-0.39, 0.29) is 28.9 Å². The SMILES string of the molecule is CCOC(=O)C1=C(COC(=O)CC23C[C@@H]4C[C@@H](CC(Br)(C4)C2)C3)NC(=O)N[C@@H]1C. The molecule has 0 saturated heterocycles. The van der Waals surface area contributed by atoms with Gasteiger partial charge in [0, 0.05) is 4.32 Å². The maximum absolute atomic E-state index is 12.7. The van der Waals surface area contributed by atoms with Crippen LogP contribution in [0.2, 0.25) is 0 Å². The molecule has 2 N–H and O–H groups in total. The van der Waals surface area contributed by atoms with Crippen molar-refractivity contribution < 1.29 is 23.9 Å². The number of hydrogen-bond donors (Lipinski definition) is 2. The molecule has 2 amide bonds. The van der Waals surface area contributed by atoms with Crippen LogP contribution in [0.3, 0.4) is 0 Å². The first-order valence-corrected chi connectivity index (χ1v) is 11.3. The zero-order valence-electron chi connectivity index (χ0n) is 17.0. The van der Waals surface area contributed by atoms with E-state index < -0.39 is 18.0 Å². The Bertz CT molecular complexity index is 750. The molecule has 29 heavy (non-hydrogen) atoms. The molecular weight excluding hydrogens is 440 g/mol. The van der Waals surface area contributed by atoms with Crippen molar-refractivity contribution >= 4 is 33.9 Å². The molecule has 2 unspecified atom stereocenters. The lowest BCUT2D eigenvalue weighted by atomic mass is 9.49. The van der Waals surface area contributed by atoms with Crippen LogP contribution in [0, 0.1) is 17.3 Å². The van der Waals surface area contributed by atoms with Crippen LogP contribution in [0.15, 0.2) is 11.3 Å². The van der Waals surface area contributed by atoms with Crippen molar-refractivity contribution in [3.8, 4) is 0 Å². The van der Waals surface area contributed by atoms with Crippen LogP contribution < -0.4 is 10.6 Å². The predicted molar refractivity (Wildman–Crippen MR) is 109 cm³/mol. The summed E-state index contributed by atoms with van der Waals surface area (Å²) in [5, 5.41) is 5.24. The van der Waals surface area contributed by atoms with Crippen molar-refractivity contribution in [2.45, 2.75) is 69.2 Å². The molecule has 0 aromatic carbocycles. The highest BCUT2D eigenvalue weighted by Gasteiger charge is 2.57. The van der Waals surface area contributed by atoms with E-state index >= 15 is 0 Å². The van der Waals surface area contributed by atoms with Gasteiger partial charge >= 0.3 is 18.0 Å². The molecule has 0 radical (unpaired) electrons. The van der Waals surface area contributed by atoms with Crippen LogP contribution in [0.25, 0.3) is 0 Å². The topological polar surface area (TPSA) is 93.7 Å². The van der Waals surface area contributed by atoms with E-state index in [1.54, 1.807) is 13.8 Å². The zero-order valence-corrected chi connectivity index (χ0v) is 18.6. The first kappa shape index (κ1) is 20.7. The van der Waals surface area contributed by atoms with Crippen LogP contribution in [0.5, 0.6) is 0 Å². The molecule has 7 nitrogen and oxygen atoms in total. The minimum atomic E-state index is -0.513.